The summed E-state index contributed by atoms with van der Waals surface area (Å²) in [6.45, 7) is 3.46. The number of amidine groups is 1. The average molecular weight is 254 g/mol. The Bertz CT molecular complexity index is 312. The Morgan fingerprint density at radius 3 is 2.78 bits per heavy atom. The van der Waals surface area contributed by atoms with Crippen molar-refractivity contribution in [2.45, 2.75) is 38.1 Å². The van der Waals surface area contributed by atoms with Crippen LogP contribution >= 0.6 is 0 Å². The van der Waals surface area contributed by atoms with Crippen molar-refractivity contribution in [3.8, 4) is 0 Å². The lowest BCUT2D eigenvalue weighted by molar-refractivity contribution is 0.174. The fourth-order valence-electron chi connectivity index (χ4n) is 3.15. The van der Waals surface area contributed by atoms with Gasteiger partial charge in [0.25, 0.3) is 0 Å². The van der Waals surface area contributed by atoms with Gasteiger partial charge >= 0.3 is 0 Å². The van der Waals surface area contributed by atoms with E-state index in [1.165, 1.54) is 32.2 Å². The Labute approximate surface area is 110 Å². The molecular weight excluding hydrogens is 228 g/mol. The molecule has 5 nitrogen and oxygen atoms in total. The second kappa shape index (κ2) is 5.45. The van der Waals surface area contributed by atoms with E-state index in [-0.39, 0.29) is 0 Å². The largest absolute Gasteiger partial charge is 0.409 e. The SMILES string of the molecule is CN(C)CC1CCCN1CC1(CC(N)=NO)CC1. The van der Waals surface area contributed by atoms with E-state index in [0.29, 0.717) is 17.3 Å². The number of likely N-dealkylation sites (N-methyl/N-ethyl adjacent to an activating group) is 1. The zero-order valence-corrected chi connectivity index (χ0v) is 11.6. The van der Waals surface area contributed by atoms with Crippen LogP contribution in [0.5, 0.6) is 0 Å². The van der Waals surface area contributed by atoms with Crippen LogP contribution < -0.4 is 5.73 Å². The predicted molar refractivity (Wildman–Crippen MR) is 72.8 cm³/mol. The third kappa shape index (κ3) is 3.36. The van der Waals surface area contributed by atoms with Crippen molar-refractivity contribution in [2.24, 2.45) is 16.3 Å². The summed E-state index contributed by atoms with van der Waals surface area (Å²) in [7, 11) is 4.28. The number of rotatable bonds is 6. The normalized spacial score (nSPS) is 27.9. The van der Waals surface area contributed by atoms with E-state index in [1.807, 2.05) is 0 Å². The number of hydrogen-bond donors (Lipinski definition) is 2. The number of likely N-dealkylation sites (tertiary alicyclic amines) is 1. The van der Waals surface area contributed by atoms with Crippen LogP contribution in [-0.4, -0.2) is 60.6 Å². The van der Waals surface area contributed by atoms with Crippen molar-refractivity contribution >= 4 is 5.84 Å². The minimum Gasteiger partial charge on any atom is -0.409 e. The lowest BCUT2D eigenvalue weighted by Gasteiger charge is -2.30. The first kappa shape index (κ1) is 13.6. The van der Waals surface area contributed by atoms with Crippen LogP contribution in [0.15, 0.2) is 5.16 Å². The topological polar surface area (TPSA) is 65.1 Å². The van der Waals surface area contributed by atoms with Gasteiger partial charge in [0.15, 0.2) is 0 Å². The monoisotopic (exact) mass is 254 g/mol. The van der Waals surface area contributed by atoms with Crippen LogP contribution in [0, 0.1) is 5.41 Å². The van der Waals surface area contributed by atoms with Crippen LogP contribution in [0.2, 0.25) is 0 Å². The molecule has 2 fully saturated rings. The van der Waals surface area contributed by atoms with Crippen LogP contribution in [-0.2, 0) is 0 Å². The molecule has 1 aliphatic heterocycles. The highest BCUT2D eigenvalue weighted by molar-refractivity contribution is 5.80. The molecule has 0 aromatic heterocycles. The standard InChI is InChI=1S/C13H26N4O/c1-16(2)9-11-4-3-7-17(11)10-13(5-6-13)8-12(14)15-18/h11,18H,3-10H2,1-2H3,(H2,14,15). The number of nitrogens with two attached hydrogens (primary N) is 1. The maximum absolute atomic E-state index is 8.70. The molecule has 0 radical (unpaired) electrons. The van der Waals surface area contributed by atoms with Gasteiger partial charge in [-0.15, -0.1) is 0 Å². The summed E-state index contributed by atoms with van der Waals surface area (Å²) in [5, 5.41) is 11.8. The van der Waals surface area contributed by atoms with Crippen molar-refractivity contribution < 1.29 is 5.21 Å². The third-order valence-corrected chi connectivity index (χ3v) is 4.26. The molecule has 0 aromatic carbocycles. The fraction of sp³-hybridized carbons (Fsp3) is 0.923. The summed E-state index contributed by atoms with van der Waals surface area (Å²) < 4.78 is 0. The second-order valence-corrected chi connectivity index (χ2v) is 6.30. The zero-order valence-electron chi connectivity index (χ0n) is 11.6. The summed E-state index contributed by atoms with van der Waals surface area (Å²) in [6, 6.07) is 0.685. The Morgan fingerprint density at radius 1 is 1.50 bits per heavy atom. The molecule has 0 spiro atoms. The summed E-state index contributed by atoms with van der Waals surface area (Å²) in [5.41, 5.74) is 5.96. The molecule has 0 bridgehead atoms. The molecular formula is C13H26N4O. The van der Waals surface area contributed by atoms with Crippen LogP contribution in [0.1, 0.15) is 32.1 Å². The molecule has 1 unspecified atom stereocenters. The van der Waals surface area contributed by atoms with E-state index in [4.69, 9.17) is 10.9 Å². The van der Waals surface area contributed by atoms with Gasteiger partial charge in [-0.25, -0.2) is 0 Å². The number of oxime groups is 1. The molecule has 5 heteroatoms. The van der Waals surface area contributed by atoms with Gasteiger partial charge in [0.2, 0.25) is 0 Å². The van der Waals surface area contributed by atoms with E-state index >= 15 is 0 Å². The molecule has 3 N–H and O–H groups in total. The van der Waals surface area contributed by atoms with Crippen LogP contribution in [0.3, 0.4) is 0 Å². The average Bonchev–Trinajstić information content (AvgIpc) is 2.92. The van der Waals surface area contributed by atoms with Gasteiger partial charge < -0.3 is 15.8 Å². The lowest BCUT2D eigenvalue weighted by Crippen LogP contribution is -2.41. The van der Waals surface area contributed by atoms with Gasteiger partial charge in [-0.05, 0) is 51.7 Å². The van der Waals surface area contributed by atoms with Gasteiger partial charge in [0.05, 0.1) is 0 Å². The lowest BCUT2D eigenvalue weighted by atomic mass is 10.0. The summed E-state index contributed by atoms with van der Waals surface area (Å²) in [5.74, 6) is 0.385. The first-order valence-corrected chi connectivity index (χ1v) is 6.90. The smallest absolute Gasteiger partial charge is 0.139 e. The first-order chi connectivity index (χ1) is 8.54. The van der Waals surface area contributed by atoms with Crippen LogP contribution in [0.25, 0.3) is 0 Å². The van der Waals surface area contributed by atoms with Crippen molar-refractivity contribution in [3.05, 3.63) is 0 Å². The van der Waals surface area contributed by atoms with Gasteiger partial charge in [0.1, 0.15) is 5.84 Å². The quantitative estimate of drug-likeness (QED) is 0.320. The maximum Gasteiger partial charge on any atom is 0.139 e. The molecule has 0 amide bonds. The molecule has 1 saturated carbocycles. The maximum atomic E-state index is 8.70. The Balaban J connectivity index is 1.88. The fourth-order valence-corrected chi connectivity index (χ4v) is 3.15. The first-order valence-electron chi connectivity index (χ1n) is 6.90. The molecule has 0 aromatic rings. The number of hydrogen-bond acceptors (Lipinski definition) is 4. The van der Waals surface area contributed by atoms with Gasteiger partial charge in [0, 0.05) is 25.6 Å². The summed E-state index contributed by atoms with van der Waals surface area (Å²) >= 11 is 0. The second-order valence-electron chi connectivity index (χ2n) is 6.30. The van der Waals surface area contributed by atoms with Crippen LogP contribution in [0.4, 0.5) is 0 Å². The van der Waals surface area contributed by atoms with Crippen molar-refractivity contribution in [3.63, 3.8) is 0 Å². The zero-order chi connectivity index (χ0) is 13.2. The molecule has 1 heterocycles. The van der Waals surface area contributed by atoms with Crippen molar-refractivity contribution in [1.29, 1.82) is 0 Å². The highest BCUT2D eigenvalue weighted by Gasteiger charge is 2.46. The Kier molecular flexibility index (Phi) is 4.12. The van der Waals surface area contributed by atoms with Gasteiger partial charge in [-0.2, -0.15) is 0 Å². The van der Waals surface area contributed by atoms with Gasteiger partial charge in [-0.3, -0.25) is 4.90 Å². The van der Waals surface area contributed by atoms with Gasteiger partial charge in [-0.1, -0.05) is 5.16 Å². The van der Waals surface area contributed by atoms with Crippen molar-refractivity contribution in [1.82, 2.24) is 9.80 Å². The van der Waals surface area contributed by atoms with E-state index < -0.39 is 0 Å². The van der Waals surface area contributed by atoms with E-state index in [2.05, 4.69) is 29.1 Å². The summed E-state index contributed by atoms with van der Waals surface area (Å²) in [4.78, 5) is 4.88. The molecule has 104 valence electrons. The predicted octanol–water partition coefficient (Wildman–Crippen LogP) is 0.929. The summed E-state index contributed by atoms with van der Waals surface area (Å²) in [6.07, 6.45) is 5.79. The Morgan fingerprint density at radius 2 is 2.22 bits per heavy atom. The van der Waals surface area contributed by atoms with E-state index in [1.54, 1.807) is 0 Å². The molecule has 1 atom stereocenters. The molecule has 1 aliphatic carbocycles. The molecule has 2 aliphatic rings. The molecule has 2 rings (SSSR count). The number of nitrogens with zero attached hydrogens (tertiary/aromatic N) is 3. The van der Waals surface area contributed by atoms with E-state index in [9.17, 15) is 0 Å². The molecule has 18 heavy (non-hydrogen) atoms. The highest BCUT2D eigenvalue weighted by atomic mass is 16.4. The Hall–Kier alpha value is -0.810. The minimum atomic E-state index is 0.297. The minimum absolute atomic E-state index is 0.297. The highest BCUT2D eigenvalue weighted by Crippen LogP contribution is 2.50. The molecule has 1 saturated heterocycles. The van der Waals surface area contributed by atoms with Crippen molar-refractivity contribution in [2.75, 3.05) is 33.7 Å². The van der Waals surface area contributed by atoms with E-state index in [0.717, 1.165) is 19.5 Å². The third-order valence-electron chi connectivity index (χ3n) is 4.26.